The van der Waals surface area contributed by atoms with E-state index in [1.54, 1.807) is 13.3 Å². The van der Waals surface area contributed by atoms with E-state index in [9.17, 15) is 0 Å². The highest BCUT2D eigenvalue weighted by atomic mass is 32.2. The maximum absolute atomic E-state index is 5.26. The minimum atomic E-state index is 0.139. The zero-order valence-corrected chi connectivity index (χ0v) is 16.4. The van der Waals surface area contributed by atoms with Crippen LogP contribution in [0.2, 0.25) is 0 Å². The molecule has 0 aliphatic heterocycles. The molecule has 24 heavy (non-hydrogen) atoms. The van der Waals surface area contributed by atoms with Crippen molar-refractivity contribution in [1.29, 1.82) is 0 Å². The molecule has 0 aliphatic rings. The highest BCUT2D eigenvalue weighted by Gasteiger charge is 2.18. The minimum absolute atomic E-state index is 0.139. The summed E-state index contributed by atoms with van der Waals surface area (Å²) < 4.78 is 5.26. The Balaban J connectivity index is 1.99. The summed E-state index contributed by atoms with van der Waals surface area (Å²) in [5, 5.41) is 0.395. The molecule has 3 nitrogen and oxygen atoms in total. The fourth-order valence-corrected chi connectivity index (χ4v) is 3.80. The summed E-state index contributed by atoms with van der Waals surface area (Å²) in [6, 6.07) is 2.07. The van der Waals surface area contributed by atoms with Gasteiger partial charge in [-0.1, -0.05) is 20.8 Å². The Morgan fingerprint density at radius 1 is 1.12 bits per heavy atom. The third-order valence-corrected chi connectivity index (χ3v) is 5.52. The summed E-state index contributed by atoms with van der Waals surface area (Å²) >= 11 is 1.94. The number of pyridine rings is 2. The van der Waals surface area contributed by atoms with Gasteiger partial charge in [0.1, 0.15) is 5.75 Å². The van der Waals surface area contributed by atoms with Gasteiger partial charge in [-0.15, -0.1) is 0 Å². The van der Waals surface area contributed by atoms with Crippen LogP contribution in [-0.4, -0.2) is 22.8 Å². The number of rotatable bonds is 6. The van der Waals surface area contributed by atoms with Crippen LogP contribution in [0, 0.1) is 6.92 Å². The molecule has 130 valence electrons. The van der Waals surface area contributed by atoms with Gasteiger partial charge in [-0.2, -0.15) is 11.8 Å². The lowest BCUT2D eigenvalue weighted by atomic mass is 9.84. The Labute approximate surface area is 150 Å². The maximum Gasteiger partial charge on any atom is 0.137 e. The predicted octanol–water partition coefficient (Wildman–Crippen LogP) is 5.13. The molecule has 2 heterocycles. The van der Waals surface area contributed by atoms with Crippen molar-refractivity contribution in [3.63, 3.8) is 0 Å². The number of ether oxygens (including phenoxy) is 1. The van der Waals surface area contributed by atoms with Crippen molar-refractivity contribution >= 4 is 11.8 Å². The highest BCUT2D eigenvalue weighted by molar-refractivity contribution is 7.99. The number of methoxy groups -OCH3 is 1. The summed E-state index contributed by atoms with van der Waals surface area (Å²) in [6.45, 7) is 11.2. The first-order valence-corrected chi connectivity index (χ1v) is 9.42. The number of thioether (sulfide) groups is 1. The topological polar surface area (TPSA) is 35.0 Å². The minimum Gasteiger partial charge on any atom is -0.495 e. The van der Waals surface area contributed by atoms with Crippen LogP contribution in [0.15, 0.2) is 30.9 Å². The molecule has 0 radical (unpaired) electrons. The van der Waals surface area contributed by atoms with Crippen LogP contribution in [0.1, 0.15) is 55.2 Å². The van der Waals surface area contributed by atoms with Gasteiger partial charge in [-0.05, 0) is 59.8 Å². The van der Waals surface area contributed by atoms with Crippen molar-refractivity contribution in [2.24, 2.45) is 0 Å². The van der Waals surface area contributed by atoms with E-state index in [1.807, 2.05) is 30.4 Å². The Morgan fingerprint density at radius 3 is 2.50 bits per heavy atom. The van der Waals surface area contributed by atoms with Crippen LogP contribution in [0.5, 0.6) is 5.75 Å². The molecule has 0 aromatic carbocycles. The average Bonchev–Trinajstić information content (AvgIpc) is 2.55. The van der Waals surface area contributed by atoms with E-state index in [0.29, 0.717) is 5.25 Å². The van der Waals surface area contributed by atoms with Gasteiger partial charge in [0, 0.05) is 23.8 Å². The van der Waals surface area contributed by atoms with E-state index in [-0.39, 0.29) is 5.41 Å². The lowest BCUT2D eigenvalue weighted by Crippen LogP contribution is -2.15. The van der Waals surface area contributed by atoms with Crippen LogP contribution in [0.4, 0.5) is 0 Å². The molecule has 0 amide bonds. The van der Waals surface area contributed by atoms with Gasteiger partial charge >= 0.3 is 0 Å². The van der Waals surface area contributed by atoms with Crippen LogP contribution >= 0.6 is 11.8 Å². The molecule has 1 atom stereocenters. The van der Waals surface area contributed by atoms with E-state index in [1.165, 1.54) is 22.3 Å². The van der Waals surface area contributed by atoms with Gasteiger partial charge in [-0.25, -0.2) is 0 Å². The normalized spacial score (nSPS) is 12.9. The molecule has 4 heteroatoms. The summed E-state index contributed by atoms with van der Waals surface area (Å²) in [4.78, 5) is 8.70. The molecule has 0 fully saturated rings. The van der Waals surface area contributed by atoms with Gasteiger partial charge in [0.25, 0.3) is 0 Å². The lowest BCUT2D eigenvalue weighted by molar-refractivity contribution is 0.412. The number of aromatic nitrogens is 2. The smallest absolute Gasteiger partial charge is 0.137 e. The second-order valence-corrected chi connectivity index (χ2v) is 8.59. The van der Waals surface area contributed by atoms with Gasteiger partial charge in [0.2, 0.25) is 0 Å². The molecule has 0 saturated carbocycles. The summed E-state index contributed by atoms with van der Waals surface area (Å²) in [5.74, 6) is 1.88. The third kappa shape index (κ3) is 4.73. The number of hydrogen-bond donors (Lipinski definition) is 0. The van der Waals surface area contributed by atoms with E-state index in [0.717, 1.165) is 17.9 Å². The summed E-state index contributed by atoms with van der Waals surface area (Å²) in [6.07, 6.45) is 8.73. The Bertz CT molecular complexity index is 680. The first-order valence-electron chi connectivity index (χ1n) is 8.37. The summed E-state index contributed by atoms with van der Waals surface area (Å²) in [7, 11) is 1.68. The van der Waals surface area contributed by atoms with Gasteiger partial charge in [-0.3, -0.25) is 9.97 Å². The molecular weight excluding hydrogens is 316 g/mol. The monoisotopic (exact) mass is 344 g/mol. The predicted molar refractivity (Wildman–Crippen MR) is 103 cm³/mol. The second kappa shape index (κ2) is 8.02. The summed E-state index contributed by atoms with van der Waals surface area (Å²) in [5.41, 5.74) is 5.42. The van der Waals surface area contributed by atoms with Crippen molar-refractivity contribution < 1.29 is 4.74 Å². The average molecular weight is 345 g/mol. The molecule has 0 spiro atoms. The second-order valence-electron chi connectivity index (χ2n) is 7.14. The highest BCUT2D eigenvalue weighted by Crippen LogP contribution is 2.31. The van der Waals surface area contributed by atoms with Crippen LogP contribution in [0.25, 0.3) is 0 Å². The van der Waals surface area contributed by atoms with Crippen molar-refractivity contribution in [3.8, 4) is 5.75 Å². The molecule has 0 bridgehead atoms. The molecule has 0 aliphatic carbocycles. The lowest BCUT2D eigenvalue weighted by Gasteiger charge is -2.22. The maximum atomic E-state index is 5.26. The zero-order valence-electron chi connectivity index (χ0n) is 15.6. The largest absolute Gasteiger partial charge is 0.495 e. The Morgan fingerprint density at radius 2 is 1.83 bits per heavy atom. The number of aryl methyl sites for hydroxylation is 1. The van der Waals surface area contributed by atoms with Crippen molar-refractivity contribution in [3.05, 3.63) is 53.1 Å². The van der Waals surface area contributed by atoms with Crippen molar-refractivity contribution in [2.45, 2.75) is 51.7 Å². The molecule has 2 rings (SSSR count). The first-order chi connectivity index (χ1) is 11.3. The first kappa shape index (κ1) is 18.8. The van der Waals surface area contributed by atoms with E-state index in [2.05, 4.69) is 50.7 Å². The van der Waals surface area contributed by atoms with E-state index < -0.39 is 0 Å². The van der Waals surface area contributed by atoms with Gasteiger partial charge in [0.05, 0.1) is 13.3 Å². The zero-order chi connectivity index (χ0) is 17.7. The molecule has 2 aromatic heterocycles. The fourth-order valence-electron chi connectivity index (χ4n) is 2.79. The van der Waals surface area contributed by atoms with E-state index >= 15 is 0 Å². The standard InChI is InChI=1S/C20H28N2OS/c1-14-16(10-22-13-19(14)20(3,4)5)7-8-24-15(2)17-9-18(23-6)12-21-11-17/h9-13,15H,7-8H2,1-6H3. The molecular formula is C20H28N2OS. The molecule has 0 N–H and O–H groups in total. The molecule has 2 aromatic rings. The SMILES string of the molecule is COc1cncc(C(C)SCCc2cncc(C(C)(C)C)c2C)c1. The number of hydrogen-bond acceptors (Lipinski definition) is 4. The van der Waals surface area contributed by atoms with Gasteiger partial charge in [0.15, 0.2) is 0 Å². The fraction of sp³-hybridized carbons (Fsp3) is 0.500. The van der Waals surface area contributed by atoms with Crippen LogP contribution in [0.3, 0.4) is 0 Å². The quantitative estimate of drug-likeness (QED) is 0.728. The van der Waals surface area contributed by atoms with Crippen molar-refractivity contribution in [1.82, 2.24) is 9.97 Å². The van der Waals surface area contributed by atoms with Gasteiger partial charge < -0.3 is 4.74 Å². The Kier molecular flexibility index (Phi) is 6.27. The number of nitrogens with zero attached hydrogens (tertiary/aromatic N) is 2. The van der Waals surface area contributed by atoms with Crippen molar-refractivity contribution in [2.75, 3.05) is 12.9 Å². The van der Waals surface area contributed by atoms with Crippen LogP contribution in [-0.2, 0) is 11.8 Å². The third-order valence-electron chi connectivity index (χ3n) is 4.31. The molecule has 1 unspecified atom stereocenters. The molecule has 0 saturated heterocycles. The van der Waals surface area contributed by atoms with E-state index in [4.69, 9.17) is 4.74 Å². The van der Waals surface area contributed by atoms with Crippen LogP contribution < -0.4 is 4.74 Å². The Hall–Kier alpha value is -1.55.